The molecule has 0 radical (unpaired) electrons. The molecule has 2 aromatic carbocycles. The Kier molecular flexibility index (Phi) is 14.7. The number of carbonyl (C=O) groups is 4. The average Bonchev–Trinajstić information content (AvgIpc) is 3.16. The predicted molar refractivity (Wildman–Crippen MR) is 200 cm³/mol. The lowest BCUT2D eigenvalue weighted by Gasteiger charge is -2.17. The molecule has 54 heavy (non-hydrogen) atoms. The zero-order valence-corrected chi connectivity index (χ0v) is 30.7. The first kappa shape index (κ1) is 41.1. The van der Waals surface area contributed by atoms with Crippen molar-refractivity contribution in [2.24, 2.45) is 5.92 Å². The fraction of sp³-hybridized carbons (Fsp3) is 0.350. The third-order valence-electron chi connectivity index (χ3n) is 9.28. The van der Waals surface area contributed by atoms with Crippen LogP contribution < -0.4 is 20.1 Å². The van der Waals surface area contributed by atoms with Crippen LogP contribution in [0.4, 0.5) is 5.69 Å². The van der Waals surface area contributed by atoms with Crippen molar-refractivity contribution in [3.05, 3.63) is 100 Å². The first-order valence-corrected chi connectivity index (χ1v) is 17.4. The molecule has 2 heterocycles. The smallest absolute Gasteiger partial charge is 0.305 e. The number of rotatable bonds is 20. The van der Waals surface area contributed by atoms with Crippen LogP contribution in [0.25, 0.3) is 11.1 Å². The molecule has 1 amide bonds. The van der Waals surface area contributed by atoms with Gasteiger partial charge in [0.1, 0.15) is 22.9 Å². The van der Waals surface area contributed by atoms with E-state index >= 15 is 0 Å². The molecule has 0 saturated carbocycles. The molecule has 286 valence electrons. The summed E-state index contributed by atoms with van der Waals surface area (Å²) in [6, 6.07) is 13.7. The highest BCUT2D eigenvalue weighted by Gasteiger charge is 2.20. The summed E-state index contributed by atoms with van der Waals surface area (Å²) in [5.41, 5.74) is 6.42. The number of nitrogens with one attached hydrogen (secondary N) is 2. The van der Waals surface area contributed by atoms with Crippen molar-refractivity contribution < 1.29 is 49.1 Å². The van der Waals surface area contributed by atoms with Crippen molar-refractivity contribution >= 4 is 29.3 Å². The molecule has 4 aromatic rings. The van der Waals surface area contributed by atoms with Crippen LogP contribution in [0.15, 0.2) is 60.9 Å². The number of pyridine rings is 2. The second kappa shape index (κ2) is 19.4. The van der Waals surface area contributed by atoms with E-state index < -0.39 is 29.8 Å². The van der Waals surface area contributed by atoms with Crippen molar-refractivity contribution in [1.82, 2.24) is 15.3 Å². The number of hydrogen-bond acceptors (Lipinski definition) is 11. The largest absolute Gasteiger partial charge is 0.496 e. The quantitative estimate of drug-likeness (QED) is 0.0693. The number of carboxylic acids is 2. The van der Waals surface area contributed by atoms with Crippen molar-refractivity contribution in [3.63, 3.8) is 0 Å². The molecule has 0 saturated heterocycles. The molecule has 4 rings (SSSR count). The first-order chi connectivity index (χ1) is 25.9. The number of carboxylic acid groups (broad SMARTS) is 2. The van der Waals surface area contributed by atoms with E-state index in [2.05, 4.69) is 20.6 Å². The van der Waals surface area contributed by atoms with Gasteiger partial charge in [0.15, 0.2) is 5.78 Å². The molecule has 0 bridgehead atoms. The van der Waals surface area contributed by atoms with Gasteiger partial charge in [-0.3, -0.25) is 29.1 Å². The number of carbonyl (C=O) groups excluding carboxylic acids is 2. The number of ether oxygens (including phenoxy) is 2. The van der Waals surface area contributed by atoms with Crippen molar-refractivity contribution in [2.75, 3.05) is 32.8 Å². The van der Waals surface area contributed by atoms with Crippen LogP contribution in [-0.2, 0) is 29.0 Å². The van der Waals surface area contributed by atoms with E-state index in [9.17, 15) is 29.4 Å². The normalized spacial score (nSPS) is 12.1. The van der Waals surface area contributed by atoms with Crippen LogP contribution in [0, 0.1) is 19.8 Å². The number of aryl methyl sites for hydroxylation is 1. The van der Waals surface area contributed by atoms with E-state index in [-0.39, 0.29) is 56.2 Å². The number of hydrogen-bond donors (Lipinski definition) is 6. The van der Waals surface area contributed by atoms with E-state index in [0.29, 0.717) is 41.2 Å². The zero-order valence-electron chi connectivity index (χ0n) is 30.7. The van der Waals surface area contributed by atoms with Gasteiger partial charge in [0.25, 0.3) is 5.91 Å². The van der Waals surface area contributed by atoms with Crippen LogP contribution in [-0.4, -0.2) is 87.5 Å². The van der Waals surface area contributed by atoms with Crippen LogP contribution in [0.2, 0.25) is 0 Å². The van der Waals surface area contributed by atoms with E-state index in [1.54, 1.807) is 12.1 Å². The molecule has 14 nitrogen and oxygen atoms in total. The van der Waals surface area contributed by atoms with Crippen molar-refractivity contribution in [2.45, 2.75) is 58.5 Å². The van der Waals surface area contributed by atoms with Crippen LogP contribution in [0.5, 0.6) is 11.5 Å². The third kappa shape index (κ3) is 10.7. The highest BCUT2D eigenvalue weighted by molar-refractivity contribution is 6.04. The molecule has 0 aliphatic carbocycles. The van der Waals surface area contributed by atoms with Crippen molar-refractivity contribution in [3.8, 4) is 22.6 Å². The topological polar surface area (TPSA) is 217 Å². The second-order valence-electron chi connectivity index (χ2n) is 12.9. The standard InChI is InChI=1S/C40H46N4O10/c1-23-26(14-35(47)33-16-37(54-4)28(20-42-33)19-41-29(22-46)15-39(50)51)7-5-8-30(23)31-9-6-10-32(24(31)2)44-40(52)34-17-36(53-3)27(18-43-34)12-11-25(21-45)13-38(48)49/h5-10,16-18,20,25,29,41,45-46H,11-15,19,21-22H2,1-4H3,(H,44,52)(H,48,49)(H,50,51)/t25-,29-/m1/s1. The molecular formula is C40H46N4O10. The van der Waals surface area contributed by atoms with E-state index in [1.807, 2.05) is 44.2 Å². The van der Waals surface area contributed by atoms with Gasteiger partial charge in [0.2, 0.25) is 0 Å². The number of amides is 1. The molecular weight excluding hydrogens is 696 g/mol. The zero-order chi connectivity index (χ0) is 39.4. The maximum atomic E-state index is 13.5. The van der Waals surface area contributed by atoms with Gasteiger partial charge in [-0.25, -0.2) is 0 Å². The number of Topliss-reactive ketones (excluding diaryl/α,β-unsaturated/α-hetero) is 1. The Morgan fingerprint density at radius 1 is 0.759 bits per heavy atom. The molecule has 14 heteroatoms. The number of aliphatic hydroxyl groups excluding tert-OH is 2. The highest BCUT2D eigenvalue weighted by atomic mass is 16.5. The fourth-order valence-corrected chi connectivity index (χ4v) is 6.12. The lowest BCUT2D eigenvalue weighted by atomic mass is 9.91. The summed E-state index contributed by atoms with van der Waals surface area (Å²) in [4.78, 5) is 57.6. The number of anilines is 1. The number of benzene rings is 2. The highest BCUT2D eigenvalue weighted by Crippen LogP contribution is 2.33. The summed E-state index contributed by atoms with van der Waals surface area (Å²) in [5.74, 6) is -2.28. The van der Waals surface area contributed by atoms with E-state index in [1.165, 1.54) is 32.7 Å². The molecule has 2 atom stereocenters. The molecule has 0 fully saturated rings. The molecule has 0 spiro atoms. The third-order valence-corrected chi connectivity index (χ3v) is 9.28. The SMILES string of the molecule is COc1cc(C(=O)Nc2cccc(-c3cccc(CC(=O)c4cc(OC)c(CN[C@@H](CO)CC(=O)O)cn4)c3C)c2C)ncc1CC[C@@H](CO)CC(=O)O. The summed E-state index contributed by atoms with van der Waals surface area (Å²) >= 11 is 0. The Labute approximate surface area is 313 Å². The Bertz CT molecular complexity index is 1840. The Morgan fingerprint density at radius 3 is 2.02 bits per heavy atom. The summed E-state index contributed by atoms with van der Waals surface area (Å²) in [7, 11) is 2.94. The summed E-state index contributed by atoms with van der Waals surface area (Å²) in [6.07, 6.45) is 3.52. The molecule has 0 unspecified atom stereocenters. The summed E-state index contributed by atoms with van der Waals surface area (Å²) in [6.45, 7) is 3.40. The number of nitrogens with zero attached hydrogens (tertiary/aromatic N) is 2. The Hall–Kier alpha value is -5.70. The van der Waals surface area contributed by atoms with Crippen molar-refractivity contribution in [1.29, 1.82) is 0 Å². The molecule has 0 aliphatic heterocycles. The van der Waals surface area contributed by atoms with Crippen LogP contribution in [0.1, 0.15) is 68.1 Å². The predicted octanol–water partition coefficient (Wildman–Crippen LogP) is 4.40. The maximum absolute atomic E-state index is 13.5. The van der Waals surface area contributed by atoms with Gasteiger partial charge in [-0.1, -0.05) is 30.3 Å². The Morgan fingerprint density at radius 2 is 1.37 bits per heavy atom. The molecule has 2 aromatic heterocycles. The van der Waals surface area contributed by atoms with Crippen LogP contribution >= 0.6 is 0 Å². The number of aliphatic hydroxyl groups is 2. The van der Waals surface area contributed by atoms with Gasteiger partial charge in [-0.15, -0.1) is 0 Å². The van der Waals surface area contributed by atoms with Gasteiger partial charge in [0.05, 0.1) is 33.7 Å². The molecule has 0 aliphatic rings. The van der Waals surface area contributed by atoms with E-state index in [0.717, 1.165) is 27.8 Å². The molecule has 6 N–H and O–H groups in total. The second-order valence-corrected chi connectivity index (χ2v) is 12.9. The van der Waals surface area contributed by atoms with Gasteiger partial charge in [0, 0.05) is 67.0 Å². The summed E-state index contributed by atoms with van der Waals surface area (Å²) < 4.78 is 11.0. The minimum absolute atomic E-state index is 0.0673. The number of methoxy groups -OCH3 is 2. The maximum Gasteiger partial charge on any atom is 0.305 e. The van der Waals surface area contributed by atoms with E-state index in [4.69, 9.17) is 19.7 Å². The monoisotopic (exact) mass is 742 g/mol. The minimum atomic E-state index is -1.04. The lowest BCUT2D eigenvalue weighted by Crippen LogP contribution is -2.34. The van der Waals surface area contributed by atoms with Gasteiger partial charge in [-0.05, 0) is 66.5 Å². The Balaban J connectivity index is 1.49. The summed E-state index contributed by atoms with van der Waals surface area (Å²) in [5, 5.41) is 43.0. The van der Waals surface area contributed by atoms with Gasteiger partial charge in [-0.2, -0.15) is 0 Å². The number of aliphatic carboxylic acids is 2. The fourth-order valence-electron chi connectivity index (χ4n) is 6.12. The minimum Gasteiger partial charge on any atom is -0.496 e. The average molecular weight is 743 g/mol. The van der Waals surface area contributed by atoms with Crippen LogP contribution in [0.3, 0.4) is 0 Å². The first-order valence-electron chi connectivity index (χ1n) is 17.4. The number of ketones is 1. The van der Waals surface area contributed by atoms with Gasteiger partial charge >= 0.3 is 11.9 Å². The number of aromatic nitrogens is 2. The van der Waals surface area contributed by atoms with Gasteiger partial charge < -0.3 is 40.5 Å². The lowest BCUT2D eigenvalue weighted by molar-refractivity contribution is -0.139.